The van der Waals surface area contributed by atoms with Gasteiger partial charge >= 0.3 is 0 Å². The molecule has 144 valence electrons. The fraction of sp³-hybridized carbons (Fsp3) is 0.0952. The number of halogens is 1. The monoisotopic (exact) mass is 414 g/mol. The van der Waals surface area contributed by atoms with Crippen molar-refractivity contribution in [3.05, 3.63) is 90.0 Å². The van der Waals surface area contributed by atoms with Crippen molar-refractivity contribution in [1.82, 2.24) is 0 Å². The Labute approximate surface area is 169 Å². The fourth-order valence-corrected chi connectivity index (χ4v) is 3.88. The molecule has 0 unspecified atom stereocenters. The molecular formula is C21H19ClN2O3S. The number of aryl methyl sites for hydroxylation is 1. The molecule has 0 saturated carbocycles. The molecule has 0 aliphatic rings. The van der Waals surface area contributed by atoms with Crippen molar-refractivity contribution in [1.29, 1.82) is 0 Å². The summed E-state index contributed by atoms with van der Waals surface area (Å²) in [5.74, 6) is 0.210. The fourth-order valence-electron chi connectivity index (χ4n) is 2.61. The summed E-state index contributed by atoms with van der Waals surface area (Å²) in [6.45, 7) is 0. The van der Waals surface area contributed by atoms with E-state index < -0.39 is 10.0 Å². The highest BCUT2D eigenvalue weighted by atomic mass is 35.5. The van der Waals surface area contributed by atoms with Crippen molar-refractivity contribution in [3.8, 4) is 0 Å². The Morgan fingerprint density at radius 2 is 1.54 bits per heavy atom. The van der Waals surface area contributed by atoms with Crippen LogP contribution in [0.5, 0.6) is 0 Å². The summed E-state index contributed by atoms with van der Waals surface area (Å²) in [6.07, 6.45) is 0.679. The number of hydrogen-bond acceptors (Lipinski definition) is 3. The molecule has 0 bridgehead atoms. The van der Waals surface area contributed by atoms with Crippen molar-refractivity contribution >= 4 is 38.9 Å². The standard InChI is InChI=1S/C21H19ClN2O3S/c22-14-13-16-9-11-20(12-10-16)28(26,27)24-19-8-4-7-18(15-19)23-21(25)17-5-2-1-3-6-17/h1-12,15,24H,13-14H2,(H,23,25). The molecule has 0 fully saturated rings. The van der Waals surface area contributed by atoms with Gasteiger partial charge in [-0.25, -0.2) is 8.42 Å². The SMILES string of the molecule is O=C(Nc1cccc(NS(=O)(=O)c2ccc(CCCl)cc2)c1)c1ccccc1. The topological polar surface area (TPSA) is 75.3 Å². The molecule has 0 saturated heterocycles. The molecule has 0 aliphatic carbocycles. The molecule has 3 aromatic carbocycles. The van der Waals surface area contributed by atoms with Gasteiger partial charge in [0.15, 0.2) is 0 Å². The zero-order chi connectivity index (χ0) is 20.0. The molecule has 3 aromatic rings. The Kier molecular flexibility index (Phi) is 6.34. The quantitative estimate of drug-likeness (QED) is 0.558. The summed E-state index contributed by atoms with van der Waals surface area (Å²) in [4.78, 5) is 12.4. The number of carbonyl (C=O) groups is 1. The molecule has 0 atom stereocenters. The van der Waals surface area contributed by atoms with Crippen LogP contribution in [-0.4, -0.2) is 20.2 Å². The zero-order valence-corrected chi connectivity index (χ0v) is 16.5. The van der Waals surface area contributed by atoms with Crippen LogP contribution in [0.25, 0.3) is 0 Å². The molecule has 5 nitrogen and oxygen atoms in total. The Morgan fingerprint density at radius 3 is 2.21 bits per heavy atom. The maximum Gasteiger partial charge on any atom is 0.261 e. The van der Waals surface area contributed by atoms with Gasteiger partial charge in [-0.1, -0.05) is 36.4 Å². The highest BCUT2D eigenvalue weighted by molar-refractivity contribution is 7.92. The van der Waals surface area contributed by atoms with Gasteiger partial charge in [-0.05, 0) is 54.4 Å². The van der Waals surface area contributed by atoms with Crippen LogP contribution < -0.4 is 10.0 Å². The minimum atomic E-state index is -3.74. The van der Waals surface area contributed by atoms with E-state index in [1.165, 1.54) is 0 Å². The van der Waals surface area contributed by atoms with Crippen LogP contribution in [-0.2, 0) is 16.4 Å². The maximum absolute atomic E-state index is 12.6. The lowest BCUT2D eigenvalue weighted by Crippen LogP contribution is -2.14. The number of nitrogens with one attached hydrogen (secondary N) is 2. The Bertz CT molecular complexity index is 1050. The lowest BCUT2D eigenvalue weighted by molar-refractivity contribution is 0.102. The van der Waals surface area contributed by atoms with Gasteiger partial charge in [0.05, 0.1) is 10.6 Å². The van der Waals surface area contributed by atoms with Crippen molar-refractivity contribution in [2.45, 2.75) is 11.3 Å². The van der Waals surface area contributed by atoms with Gasteiger partial charge in [0.25, 0.3) is 15.9 Å². The van der Waals surface area contributed by atoms with E-state index in [0.29, 0.717) is 29.2 Å². The molecule has 3 rings (SSSR count). The lowest BCUT2D eigenvalue weighted by atomic mass is 10.2. The Morgan fingerprint density at radius 1 is 0.857 bits per heavy atom. The summed E-state index contributed by atoms with van der Waals surface area (Å²) in [5.41, 5.74) is 2.34. The highest BCUT2D eigenvalue weighted by Crippen LogP contribution is 2.20. The van der Waals surface area contributed by atoms with Crippen LogP contribution in [0, 0.1) is 0 Å². The van der Waals surface area contributed by atoms with E-state index in [0.717, 1.165) is 5.56 Å². The number of alkyl halides is 1. The summed E-state index contributed by atoms with van der Waals surface area (Å²) in [6, 6.07) is 21.9. The minimum absolute atomic E-state index is 0.157. The number of anilines is 2. The van der Waals surface area contributed by atoms with E-state index in [4.69, 9.17) is 11.6 Å². The average Bonchev–Trinajstić information content (AvgIpc) is 2.69. The third kappa shape index (κ3) is 5.12. The molecule has 2 N–H and O–H groups in total. The van der Waals surface area contributed by atoms with Crippen molar-refractivity contribution < 1.29 is 13.2 Å². The van der Waals surface area contributed by atoms with E-state index in [-0.39, 0.29) is 10.8 Å². The molecule has 0 aromatic heterocycles. The summed E-state index contributed by atoms with van der Waals surface area (Å²) < 4.78 is 27.7. The van der Waals surface area contributed by atoms with E-state index in [2.05, 4.69) is 10.0 Å². The van der Waals surface area contributed by atoms with E-state index >= 15 is 0 Å². The second kappa shape index (κ2) is 8.91. The van der Waals surface area contributed by atoms with Crippen LogP contribution >= 0.6 is 11.6 Å². The van der Waals surface area contributed by atoms with Crippen molar-refractivity contribution in [2.75, 3.05) is 15.9 Å². The summed E-state index contributed by atoms with van der Waals surface area (Å²) >= 11 is 5.70. The number of hydrogen-bond donors (Lipinski definition) is 2. The molecule has 0 radical (unpaired) electrons. The Balaban J connectivity index is 1.73. The highest BCUT2D eigenvalue weighted by Gasteiger charge is 2.14. The second-order valence-corrected chi connectivity index (χ2v) is 8.15. The molecule has 0 spiro atoms. The minimum Gasteiger partial charge on any atom is -0.322 e. The van der Waals surface area contributed by atoms with Gasteiger partial charge < -0.3 is 5.32 Å². The summed E-state index contributed by atoms with van der Waals surface area (Å²) in [5, 5.41) is 2.76. The van der Waals surface area contributed by atoms with E-state index in [9.17, 15) is 13.2 Å². The molecular weight excluding hydrogens is 396 g/mol. The molecule has 7 heteroatoms. The van der Waals surface area contributed by atoms with Crippen molar-refractivity contribution in [3.63, 3.8) is 0 Å². The third-order valence-corrected chi connectivity index (χ3v) is 5.61. The van der Waals surface area contributed by atoms with Gasteiger partial charge in [0.2, 0.25) is 0 Å². The predicted molar refractivity (Wildman–Crippen MR) is 113 cm³/mol. The molecule has 1 amide bonds. The average molecular weight is 415 g/mol. The first-order chi connectivity index (χ1) is 13.5. The first kappa shape index (κ1) is 19.9. The van der Waals surface area contributed by atoms with E-state index in [1.807, 2.05) is 6.07 Å². The van der Waals surface area contributed by atoms with Crippen LogP contribution in [0.1, 0.15) is 15.9 Å². The normalized spacial score (nSPS) is 11.0. The van der Waals surface area contributed by atoms with E-state index in [1.54, 1.807) is 72.8 Å². The first-order valence-corrected chi connectivity index (χ1v) is 10.6. The van der Waals surface area contributed by atoms with Gasteiger partial charge in [0, 0.05) is 17.1 Å². The largest absolute Gasteiger partial charge is 0.322 e. The van der Waals surface area contributed by atoms with Gasteiger partial charge in [0.1, 0.15) is 0 Å². The zero-order valence-electron chi connectivity index (χ0n) is 14.9. The number of amides is 1. The third-order valence-electron chi connectivity index (χ3n) is 4.03. The van der Waals surface area contributed by atoms with Crippen molar-refractivity contribution in [2.24, 2.45) is 0 Å². The van der Waals surface area contributed by atoms with Gasteiger partial charge in [-0.3, -0.25) is 9.52 Å². The number of benzene rings is 3. The van der Waals surface area contributed by atoms with Crippen LogP contribution in [0.3, 0.4) is 0 Å². The van der Waals surface area contributed by atoms with Crippen LogP contribution in [0.2, 0.25) is 0 Å². The van der Waals surface area contributed by atoms with Crippen LogP contribution in [0.15, 0.2) is 83.8 Å². The summed E-state index contributed by atoms with van der Waals surface area (Å²) in [7, 11) is -3.74. The predicted octanol–water partition coefficient (Wildman–Crippen LogP) is 4.52. The van der Waals surface area contributed by atoms with Gasteiger partial charge in [-0.15, -0.1) is 11.6 Å². The smallest absolute Gasteiger partial charge is 0.261 e. The molecule has 0 aliphatic heterocycles. The second-order valence-electron chi connectivity index (χ2n) is 6.09. The maximum atomic E-state index is 12.6. The molecule has 0 heterocycles. The number of carbonyl (C=O) groups excluding carboxylic acids is 1. The van der Waals surface area contributed by atoms with Crippen LogP contribution in [0.4, 0.5) is 11.4 Å². The number of rotatable bonds is 7. The van der Waals surface area contributed by atoms with Gasteiger partial charge in [-0.2, -0.15) is 0 Å². The first-order valence-electron chi connectivity index (χ1n) is 8.62. The molecule has 28 heavy (non-hydrogen) atoms. The lowest BCUT2D eigenvalue weighted by Gasteiger charge is -2.11. The Hall–Kier alpha value is -2.83. The number of sulfonamides is 1.